The lowest BCUT2D eigenvalue weighted by atomic mass is 10.1. The van der Waals surface area contributed by atoms with Crippen LogP contribution in [0.1, 0.15) is 23.6 Å². The van der Waals surface area contributed by atoms with Crippen LogP contribution in [0.2, 0.25) is 0 Å². The Kier molecular flexibility index (Phi) is 6.61. The maximum Gasteiger partial charge on any atom is 0.418 e. The second kappa shape index (κ2) is 8.73. The zero-order valence-electron chi connectivity index (χ0n) is 15.2. The number of anilines is 2. The third-order valence-corrected chi connectivity index (χ3v) is 3.80. The fraction of sp³-hybridized carbons (Fsp3) is 0.263. The van der Waals surface area contributed by atoms with E-state index in [9.17, 15) is 27.2 Å². The van der Waals surface area contributed by atoms with Crippen LogP contribution in [0.3, 0.4) is 0 Å². The first-order chi connectivity index (χ1) is 13.1. The third kappa shape index (κ3) is 5.97. The Morgan fingerprint density at radius 1 is 1.07 bits per heavy atom. The average Bonchev–Trinajstić information content (AvgIpc) is 2.60. The summed E-state index contributed by atoms with van der Waals surface area (Å²) in [7, 11) is 0. The molecule has 2 rings (SSSR count). The van der Waals surface area contributed by atoms with Gasteiger partial charge in [0.1, 0.15) is 5.82 Å². The zero-order chi connectivity index (χ0) is 20.9. The molecule has 2 aromatic carbocycles. The number of amides is 2. The van der Waals surface area contributed by atoms with Gasteiger partial charge in [-0.3, -0.25) is 9.59 Å². The van der Waals surface area contributed by atoms with Crippen molar-refractivity contribution in [3.8, 4) is 0 Å². The van der Waals surface area contributed by atoms with E-state index in [-0.39, 0.29) is 30.3 Å². The molecule has 0 unspecified atom stereocenters. The van der Waals surface area contributed by atoms with Gasteiger partial charge in [-0.15, -0.1) is 0 Å². The summed E-state index contributed by atoms with van der Waals surface area (Å²) in [5.41, 5.74) is -0.182. The maximum atomic E-state index is 13.2. The van der Waals surface area contributed by atoms with Crippen LogP contribution in [-0.4, -0.2) is 18.4 Å². The second-order valence-corrected chi connectivity index (χ2v) is 6.15. The van der Waals surface area contributed by atoms with E-state index in [1.54, 1.807) is 13.0 Å². The molecule has 0 radical (unpaired) electrons. The van der Waals surface area contributed by atoms with Crippen molar-refractivity contribution in [1.29, 1.82) is 0 Å². The van der Waals surface area contributed by atoms with Crippen LogP contribution in [0, 0.1) is 12.7 Å². The zero-order valence-corrected chi connectivity index (χ0v) is 15.2. The molecule has 28 heavy (non-hydrogen) atoms. The molecule has 0 atom stereocenters. The predicted octanol–water partition coefficient (Wildman–Crippen LogP) is 3.84. The summed E-state index contributed by atoms with van der Waals surface area (Å²) >= 11 is 0. The van der Waals surface area contributed by atoms with Gasteiger partial charge in [0.2, 0.25) is 11.8 Å². The first kappa shape index (κ1) is 21.2. The summed E-state index contributed by atoms with van der Waals surface area (Å²) in [6.45, 7) is 2.51. The summed E-state index contributed by atoms with van der Waals surface area (Å²) in [5, 5.41) is 7.29. The van der Waals surface area contributed by atoms with Crippen LogP contribution in [0.15, 0.2) is 36.4 Å². The van der Waals surface area contributed by atoms with Crippen molar-refractivity contribution in [2.45, 2.75) is 26.6 Å². The Bertz CT molecular complexity index is 882. The van der Waals surface area contributed by atoms with Crippen LogP contribution >= 0.6 is 0 Å². The molecule has 0 bridgehead atoms. The van der Waals surface area contributed by atoms with E-state index in [4.69, 9.17) is 0 Å². The topological polar surface area (TPSA) is 70.2 Å². The first-order valence-electron chi connectivity index (χ1n) is 8.30. The third-order valence-electron chi connectivity index (χ3n) is 3.80. The van der Waals surface area contributed by atoms with Gasteiger partial charge in [-0.25, -0.2) is 4.39 Å². The lowest BCUT2D eigenvalue weighted by molar-refractivity contribution is -0.137. The van der Waals surface area contributed by atoms with Gasteiger partial charge in [-0.2, -0.15) is 13.2 Å². The Labute approximate surface area is 159 Å². The van der Waals surface area contributed by atoms with Crippen LogP contribution in [-0.2, 0) is 22.3 Å². The molecule has 2 aromatic rings. The monoisotopic (exact) mass is 397 g/mol. The van der Waals surface area contributed by atoms with Crippen molar-refractivity contribution in [3.05, 3.63) is 58.9 Å². The minimum Gasteiger partial charge on any atom is -0.376 e. The molecule has 0 saturated carbocycles. The minimum atomic E-state index is -4.67. The molecule has 0 fully saturated rings. The van der Waals surface area contributed by atoms with Crippen molar-refractivity contribution < 1.29 is 27.2 Å². The van der Waals surface area contributed by atoms with Crippen LogP contribution in [0.25, 0.3) is 0 Å². The average molecular weight is 397 g/mol. The number of halogens is 4. The van der Waals surface area contributed by atoms with Crippen molar-refractivity contribution in [2.24, 2.45) is 0 Å². The number of rotatable bonds is 6. The van der Waals surface area contributed by atoms with Gasteiger partial charge in [-0.1, -0.05) is 12.1 Å². The molecular formula is C19H19F4N3O2. The highest BCUT2D eigenvalue weighted by Gasteiger charge is 2.34. The Hall–Kier alpha value is -3.10. The van der Waals surface area contributed by atoms with E-state index < -0.39 is 23.6 Å². The van der Waals surface area contributed by atoms with Crippen LogP contribution in [0.4, 0.5) is 28.9 Å². The fourth-order valence-electron chi connectivity index (χ4n) is 2.47. The van der Waals surface area contributed by atoms with Gasteiger partial charge in [0.05, 0.1) is 12.1 Å². The highest BCUT2D eigenvalue weighted by atomic mass is 19.4. The normalized spacial score (nSPS) is 11.1. The summed E-state index contributed by atoms with van der Waals surface area (Å²) in [4.78, 5) is 22.9. The molecule has 0 spiro atoms. The lowest BCUT2D eigenvalue weighted by Crippen LogP contribution is -2.30. The molecule has 9 heteroatoms. The highest BCUT2D eigenvalue weighted by Crippen LogP contribution is 2.36. The molecule has 150 valence electrons. The van der Waals surface area contributed by atoms with Gasteiger partial charge in [0.25, 0.3) is 0 Å². The number of carbonyl (C=O) groups is 2. The number of aryl methyl sites for hydroxylation is 1. The highest BCUT2D eigenvalue weighted by molar-refractivity contribution is 5.89. The number of benzene rings is 2. The largest absolute Gasteiger partial charge is 0.418 e. The minimum absolute atomic E-state index is 0.00139. The van der Waals surface area contributed by atoms with E-state index in [0.29, 0.717) is 11.1 Å². The first-order valence-corrected chi connectivity index (χ1v) is 8.30. The van der Waals surface area contributed by atoms with Gasteiger partial charge in [0, 0.05) is 24.8 Å². The number of hydrogen-bond donors (Lipinski definition) is 3. The Morgan fingerprint density at radius 3 is 2.39 bits per heavy atom. The second-order valence-electron chi connectivity index (χ2n) is 6.15. The molecular weight excluding hydrogens is 378 g/mol. The predicted molar refractivity (Wildman–Crippen MR) is 97.2 cm³/mol. The van der Waals surface area contributed by atoms with Crippen molar-refractivity contribution in [3.63, 3.8) is 0 Å². The summed E-state index contributed by atoms with van der Waals surface area (Å²) < 4.78 is 53.0. The molecule has 0 aliphatic heterocycles. The van der Waals surface area contributed by atoms with Gasteiger partial charge < -0.3 is 16.0 Å². The molecule has 0 aliphatic carbocycles. The summed E-state index contributed by atoms with van der Waals surface area (Å²) in [6, 6.07) is 7.61. The van der Waals surface area contributed by atoms with Gasteiger partial charge >= 0.3 is 6.18 Å². The SMILES string of the molecule is CC(=O)Nc1ccc(NCC(=O)NCc2ccc(F)c(C)c2)c(C(F)(F)F)c1. The number of alkyl halides is 3. The summed E-state index contributed by atoms with van der Waals surface area (Å²) in [6.07, 6.45) is -4.67. The van der Waals surface area contributed by atoms with Gasteiger partial charge in [-0.05, 0) is 42.3 Å². The number of carbonyl (C=O) groups excluding carboxylic acids is 2. The molecule has 0 aromatic heterocycles. The smallest absolute Gasteiger partial charge is 0.376 e. The van der Waals surface area contributed by atoms with E-state index in [0.717, 1.165) is 12.1 Å². The maximum absolute atomic E-state index is 13.2. The molecule has 5 nitrogen and oxygen atoms in total. The molecule has 0 aliphatic rings. The molecule has 0 saturated heterocycles. The van der Waals surface area contributed by atoms with Gasteiger partial charge in [0.15, 0.2) is 0 Å². The van der Waals surface area contributed by atoms with Crippen molar-refractivity contribution in [1.82, 2.24) is 5.32 Å². The quantitative estimate of drug-likeness (QED) is 0.649. The molecule has 0 heterocycles. The standard InChI is InChI=1S/C19H19F4N3O2/c1-11-7-13(3-5-16(11)20)9-25-18(28)10-24-17-6-4-14(26-12(2)27)8-15(17)19(21,22)23/h3-8,24H,9-10H2,1-2H3,(H,25,28)(H,26,27). The van der Waals surface area contributed by atoms with Crippen LogP contribution in [0.5, 0.6) is 0 Å². The summed E-state index contributed by atoms with van der Waals surface area (Å²) in [5.74, 6) is -1.38. The molecule has 2 amide bonds. The van der Waals surface area contributed by atoms with Crippen molar-refractivity contribution >= 4 is 23.2 Å². The lowest BCUT2D eigenvalue weighted by Gasteiger charge is -2.16. The van der Waals surface area contributed by atoms with Crippen molar-refractivity contribution in [2.75, 3.05) is 17.2 Å². The van der Waals surface area contributed by atoms with E-state index in [1.807, 2.05) is 0 Å². The Morgan fingerprint density at radius 2 is 1.79 bits per heavy atom. The van der Waals surface area contributed by atoms with E-state index in [2.05, 4.69) is 16.0 Å². The fourth-order valence-corrected chi connectivity index (χ4v) is 2.47. The number of hydrogen-bond acceptors (Lipinski definition) is 3. The molecule has 3 N–H and O–H groups in total. The van der Waals surface area contributed by atoms with Crippen LogP contribution < -0.4 is 16.0 Å². The number of nitrogens with one attached hydrogen (secondary N) is 3. The Balaban J connectivity index is 2.01. The van der Waals surface area contributed by atoms with E-state index >= 15 is 0 Å². The van der Waals surface area contributed by atoms with E-state index in [1.165, 1.54) is 25.1 Å².